The van der Waals surface area contributed by atoms with E-state index in [0.29, 0.717) is 48.9 Å². The molecule has 2 amide bonds. The van der Waals surface area contributed by atoms with Crippen LogP contribution in [0, 0.1) is 11.8 Å². The number of rotatable bonds is 6. The number of amides is 2. The fourth-order valence-electron chi connectivity index (χ4n) is 4.20. The van der Waals surface area contributed by atoms with Gasteiger partial charge in [0.1, 0.15) is 21.9 Å². The number of hydrogen-bond donors (Lipinski definition) is 2. The van der Waals surface area contributed by atoms with Gasteiger partial charge in [-0.3, -0.25) is 19.2 Å². The average molecular weight is 599 g/mol. The third-order valence-electron chi connectivity index (χ3n) is 6.37. The van der Waals surface area contributed by atoms with Crippen LogP contribution in [0.2, 0.25) is 0 Å². The SMILES string of the molecule is CC(NC(=O)c1ncnc2c1cnn2C)c1ncc(C(=O)Nc2cc(C#CCN3CCOCC3)cc(C(F)(F)F)c2)s1. The number of ether oxygens (including phenoxy) is 1. The van der Waals surface area contributed by atoms with E-state index in [1.807, 2.05) is 4.90 Å². The number of carbonyl (C=O) groups is 2. The molecule has 0 bridgehead atoms. The number of thiazole rings is 1. The Labute approximate surface area is 242 Å². The van der Waals surface area contributed by atoms with Gasteiger partial charge in [0.2, 0.25) is 0 Å². The predicted octanol–water partition coefficient (Wildman–Crippen LogP) is 3.27. The second-order valence-corrected chi connectivity index (χ2v) is 10.5. The van der Waals surface area contributed by atoms with E-state index in [4.69, 9.17) is 4.74 Å². The maximum atomic E-state index is 13.6. The fraction of sp³-hybridized carbons (Fsp3) is 0.333. The Hall–Kier alpha value is -4.39. The molecule has 1 atom stereocenters. The van der Waals surface area contributed by atoms with Gasteiger partial charge in [0.25, 0.3) is 11.8 Å². The zero-order chi connectivity index (χ0) is 29.9. The zero-order valence-corrected chi connectivity index (χ0v) is 23.3. The first-order chi connectivity index (χ1) is 20.1. The Morgan fingerprint density at radius 3 is 2.67 bits per heavy atom. The van der Waals surface area contributed by atoms with Gasteiger partial charge in [0.15, 0.2) is 5.65 Å². The number of aryl methyl sites for hydroxylation is 1. The summed E-state index contributed by atoms with van der Waals surface area (Å²) < 4.78 is 47.6. The van der Waals surface area contributed by atoms with Gasteiger partial charge in [-0.2, -0.15) is 18.3 Å². The molecule has 4 aromatic rings. The summed E-state index contributed by atoms with van der Waals surface area (Å²) in [5, 5.41) is 10.3. The summed E-state index contributed by atoms with van der Waals surface area (Å²) in [7, 11) is 1.70. The van der Waals surface area contributed by atoms with Gasteiger partial charge in [-0.05, 0) is 25.1 Å². The first-order valence-electron chi connectivity index (χ1n) is 12.8. The number of fused-ring (bicyclic) bond motifs is 1. The van der Waals surface area contributed by atoms with Gasteiger partial charge in [-0.25, -0.2) is 15.0 Å². The van der Waals surface area contributed by atoms with Crippen molar-refractivity contribution in [2.45, 2.75) is 19.1 Å². The molecule has 15 heteroatoms. The maximum absolute atomic E-state index is 13.6. The monoisotopic (exact) mass is 598 g/mol. The van der Waals surface area contributed by atoms with Crippen molar-refractivity contribution in [3.05, 3.63) is 63.6 Å². The van der Waals surface area contributed by atoms with Gasteiger partial charge in [0.05, 0.1) is 49.1 Å². The summed E-state index contributed by atoms with van der Waals surface area (Å²) in [5.74, 6) is 4.56. The summed E-state index contributed by atoms with van der Waals surface area (Å²) >= 11 is 1.00. The second-order valence-electron chi connectivity index (χ2n) is 9.43. The van der Waals surface area contributed by atoms with E-state index in [2.05, 4.69) is 42.5 Å². The summed E-state index contributed by atoms with van der Waals surface area (Å²) in [6.45, 7) is 4.66. The number of anilines is 1. The molecule has 0 spiro atoms. The second kappa shape index (κ2) is 12.2. The molecule has 1 fully saturated rings. The third kappa shape index (κ3) is 6.73. The Balaban J connectivity index is 1.27. The van der Waals surface area contributed by atoms with Crippen molar-refractivity contribution in [1.82, 2.24) is 34.9 Å². The van der Waals surface area contributed by atoms with Crippen molar-refractivity contribution in [3.8, 4) is 11.8 Å². The lowest BCUT2D eigenvalue weighted by atomic mass is 10.1. The quantitative estimate of drug-likeness (QED) is 0.324. The molecule has 1 unspecified atom stereocenters. The summed E-state index contributed by atoms with van der Waals surface area (Å²) in [5.41, 5.74) is -0.210. The van der Waals surface area contributed by atoms with Crippen LogP contribution in [0.15, 0.2) is 36.9 Å². The summed E-state index contributed by atoms with van der Waals surface area (Å²) in [6, 6.07) is 2.61. The van der Waals surface area contributed by atoms with Gasteiger partial charge < -0.3 is 15.4 Å². The van der Waals surface area contributed by atoms with Gasteiger partial charge in [-0.1, -0.05) is 11.8 Å². The Bertz CT molecular complexity index is 1690. The van der Waals surface area contributed by atoms with Crippen molar-refractivity contribution >= 4 is 39.9 Å². The molecule has 42 heavy (non-hydrogen) atoms. The first-order valence-corrected chi connectivity index (χ1v) is 13.6. The third-order valence-corrected chi connectivity index (χ3v) is 7.55. The molecule has 3 aromatic heterocycles. The number of carbonyl (C=O) groups excluding carboxylic acids is 2. The Morgan fingerprint density at radius 1 is 1.12 bits per heavy atom. The molecule has 1 aliphatic heterocycles. The van der Waals surface area contributed by atoms with Crippen LogP contribution >= 0.6 is 11.3 Å². The van der Waals surface area contributed by atoms with E-state index in [1.165, 1.54) is 29.5 Å². The normalized spacial score (nSPS) is 14.7. The molecule has 218 valence electrons. The molecule has 0 saturated carbocycles. The molecule has 0 radical (unpaired) electrons. The van der Waals surface area contributed by atoms with Crippen molar-refractivity contribution in [3.63, 3.8) is 0 Å². The minimum atomic E-state index is -4.63. The number of aromatic nitrogens is 5. The van der Waals surface area contributed by atoms with Gasteiger partial charge in [-0.15, -0.1) is 11.3 Å². The lowest BCUT2D eigenvalue weighted by Gasteiger charge is -2.24. The number of halogens is 3. The number of nitrogens with zero attached hydrogens (tertiary/aromatic N) is 6. The fourth-order valence-corrected chi connectivity index (χ4v) is 5.02. The number of morpholine rings is 1. The molecule has 2 N–H and O–H groups in total. The van der Waals surface area contributed by atoms with E-state index in [9.17, 15) is 22.8 Å². The summed E-state index contributed by atoms with van der Waals surface area (Å²) in [4.78, 5) is 40.4. The standard InChI is InChI=1S/C27H25F3N8O3S/c1-16(35-25(40)22-20-13-34-37(2)23(20)33-15-32-22)26-31-14-21(42-26)24(39)36-19-11-17(10-18(12-19)27(28,29)30)4-3-5-38-6-8-41-9-7-38/h10-16H,5-9H2,1-2H3,(H,35,40)(H,36,39). The highest BCUT2D eigenvalue weighted by Gasteiger charge is 2.31. The van der Waals surface area contributed by atoms with Crippen molar-refractivity contribution in [1.29, 1.82) is 0 Å². The smallest absolute Gasteiger partial charge is 0.379 e. The maximum Gasteiger partial charge on any atom is 0.416 e. The molecule has 5 rings (SSSR count). The highest BCUT2D eigenvalue weighted by molar-refractivity contribution is 7.13. The minimum absolute atomic E-state index is 0.0500. The van der Waals surface area contributed by atoms with E-state index in [-0.39, 0.29) is 21.8 Å². The minimum Gasteiger partial charge on any atom is -0.379 e. The zero-order valence-electron chi connectivity index (χ0n) is 22.5. The van der Waals surface area contributed by atoms with E-state index >= 15 is 0 Å². The van der Waals surface area contributed by atoms with Crippen LogP contribution in [0.3, 0.4) is 0 Å². The van der Waals surface area contributed by atoms with Crippen LogP contribution in [0.4, 0.5) is 18.9 Å². The van der Waals surface area contributed by atoms with Gasteiger partial charge >= 0.3 is 6.18 Å². The van der Waals surface area contributed by atoms with E-state index in [1.54, 1.807) is 14.0 Å². The molecule has 11 nitrogen and oxygen atoms in total. The van der Waals surface area contributed by atoms with E-state index in [0.717, 1.165) is 23.5 Å². The molecular formula is C27H25F3N8O3S. The summed E-state index contributed by atoms with van der Waals surface area (Å²) in [6.07, 6.45) is -0.559. The molecule has 1 saturated heterocycles. The average Bonchev–Trinajstić information content (AvgIpc) is 3.61. The van der Waals surface area contributed by atoms with E-state index < -0.39 is 29.6 Å². The van der Waals surface area contributed by atoms with Crippen molar-refractivity contribution in [2.24, 2.45) is 7.05 Å². The number of hydrogen-bond acceptors (Lipinski definition) is 9. The van der Waals surface area contributed by atoms with Crippen LogP contribution in [-0.4, -0.2) is 74.3 Å². The number of alkyl halides is 3. The topological polar surface area (TPSA) is 127 Å². The number of benzene rings is 1. The molecule has 1 aromatic carbocycles. The van der Waals surface area contributed by atoms with Crippen LogP contribution in [0.1, 0.15) is 49.3 Å². The first kappa shape index (κ1) is 29.1. The van der Waals surface area contributed by atoms with Crippen molar-refractivity contribution < 1.29 is 27.5 Å². The Kier molecular flexibility index (Phi) is 8.48. The van der Waals surface area contributed by atoms with Crippen molar-refractivity contribution in [2.75, 3.05) is 38.2 Å². The molecular weight excluding hydrogens is 573 g/mol. The largest absolute Gasteiger partial charge is 0.416 e. The molecule has 0 aliphatic carbocycles. The lowest BCUT2D eigenvalue weighted by molar-refractivity contribution is -0.137. The molecule has 1 aliphatic rings. The van der Waals surface area contributed by atoms with Crippen LogP contribution < -0.4 is 10.6 Å². The highest BCUT2D eigenvalue weighted by atomic mass is 32.1. The highest BCUT2D eigenvalue weighted by Crippen LogP contribution is 2.32. The van der Waals surface area contributed by atoms with Crippen LogP contribution in [-0.2, 0) is 18.0 Å². The predicted molar refractivity (Wildman–Crippen MR) is 148 cm³/mol. The van der Waals surface area contributed by atoms with Crippen LogP contribution in [0.25, 0.3) is 11.0 Å². The molecule has 4 heterocycles. The number of nitrogens with one attached hydrogen (secondary N) is 2. The van der Waals surface area contributed by atoms with Gasteiger partial charge in [0, 0.05) is 31.4 Å². The van der Waals surface area contributed by atoms with Crippen LogP contribution in [0.5, 0.6) is 0 Å². The lowest BCUT2D eigenvalue weighted by Crippen LogP contribution is -2.36. The Morgan fingerprint density at radius 2 is 1.90 bits per heavy atom.